The van der Waals surface area contributed by atoms with Crippen molar-refractivity contribution in [2.75, 3.05) is 0 Å². The predicted octanol–water partition coefficient (Wildman–Crippen LogP) is 0.449. The number of hydrogen-bond donors (Lipinski definition) is 1. The van der Waals surface area contributed by atoms with Gasteiger partial charge in [-0.1, -0.05) is 19.1 Å². The monoisotopic (exact) mass is 208 g/mol. The number of amides is 1. The van der Waals surface area contributed by atoms with Crippen molar-refractivity contribution in [1.82, 2.24) is 15.0 Å². The van der Waals surface area contributed by atoms with E-state index >= 15 is 0 Å². The van der Waals surface area contributed by atoms with E-state index < -0.39 is 0 Å². The first-order valence-corrected chi connectivity index (χ1v) is 5.34. The molecule has 2 N–H and O–H groups in total. The minimum atomic E-state index is -0.347. The van der Waals surface area contributed by atoms with E-state index in [4.69, 9.17) is 5.73 Å². The van der Waals surface area contributed by atoms with Crippen LogP contribution in [0.4, 0.5) is 0 Å². The lowest BCUT2D eigenvalue weighted by atomic mass is 10.2. The summed E-state index contributed by atoms with van der Waals surface area (Å²) >= 11 is 0. The van der Waals surface area contributed by atoms with Gasteiger partial charge in [-0.3, -0.25) is 4.79 Å². The lowest BCUT2D eigenvalue weighted by Crippen LogP contribution is -2.15. The Morgan fingerprint density at radius 1 is 1.67 bits per heavy atom. The molecule has 1 aromatic rings. The summed E-state index contributed by atoms with van der Waals surface area (Å²) in [6, 6.07) is 0.481. The fourth-order valence-electron chi connectivity index (χ4n) is 1.92. The molecule has 1 aromatic heterocycles. The summed E-state index contributed by atoms with van der Waals surface area (Å²) in [6.45, 7) is 4.24. The van der Waals surface area contributed by atoms with E-state index in [1.165, 1.54) is 0 Å². The molecule has 2 unspecified atom stereocenters. The number of nitrogens with two attached hydrogens (primary N) is 1. The van der Waals surface area contributed by atoms with Crippen molar-refractivity contribution in [1.29, 1.82) is 0 Å². The van der Waals surface area contributed by atoms with Crippen molar-refractivity contribution in [3.63, 3.8) is 0 Å². The minimum Gasteiger partial charge on any atom is -0.369 e. The third-order valence-electron chi connectivity index (χ3n) is 2.93. The normalized spacial score (nSPS) is 24.1. The van der Waals surface area contributed by atoms with Gasteiger partial charge in [0.15, 0.2) is 0 Å². The highest BCUT2D eigenvalue weighted by Crippen LogP contribution is 2.42. The molecule has 1 fully saturated rings. The Morgan fingerprint density at radius 2 is 2.33 bits per heavy atom. The van der Waals surface area contributed by atoms with Crippen molar-refractivity contribution in [3.05, 3.63) is 11.4 Å². The molecule has 0 spiro atoms. The van der Waals surface area contributed by atoms with Gasteiger partial charge >= 0.3 is 0 Å². The first kappa shape index (κ1) is 10.1. The van der Waals surface area contributed by atoms with Crippen molar-refractivity contribution in [3.8, 4) is 0 Å². The highest BCUT2D eigenvalue weighted by molar-refractivity contribution is 5.76. The topological polar surface area (TPSA) is 73.8 Å². The molecule has 2 atom stereocenters. The van der Waals surface area contributed by atoms with E-state index in [0.717, 1.165) is 24.2 Å². The molecule has 2 rings (SSSR count). The van der Waals surface area contributed by atoms with Gasteiger partial charge in [-0.15, -0.1) is 5.10 Å². The van der Waals surface area contributed by atoms with E-state index in [9.17, 15) is 4.79 Å². The third-order valence-corrected chi connectivity index (χ3v) is 2.93. The number of hydrogen-bond acceptors (Lipinski definition) is 3. The number of carbonyl (C=O) groups excluding carboxylic acids is 1. The average molecular weight is 208 g/mol. The number of primary amides is 1. The first-order valence-electron chi connectivity index (χ1n) is 5.34. The van der Waals surface area contributed by atoms with E-state index in [0.29, 0.717) is 12.0 Å². The zero-order valence-corrected chi connectivity index (χ0v) is 9.10. The van der Waals surface area contributed by atoms with E-state index in [1.807, 2.05) is 11.6 Å². The summed E-state index contributed by atoms with van der Waals surface area (Å²) in [7, 11) is 0. The molecule has 1 heterocycles. The third kappa shape index (κ3) is 1.86. The Hall–Kier alpha value is -1.39. The molecule has 5 nitrogen and oxygen atoms in total. The van der Waals surface area contributed by atoms with E-state index in [2.05, 4.69) is 17.2 Å². The first-order chi connectivity index (χ1) is 7.13. The smallest absolute Gasteiger partial charge is 0.223 e. The van der Waals surface area contributed by atoms with Gasteiger partial charge in [0.25, 0.3) is 0 Å². The standard InChI is InChI=1S/C10H16N4O/c1-3-8-7(5-10(11)15)12-13-14(8)9-4-6(9)2/h6,9H,3-5H2,1-2H3,(H2,11,15). The second-order valence-electron chi connectivity index (χ2n) is 4.20. The average Bonchev–Trinajstić information content (AvgIpc) is 2.75. The van der Waals surface area contributed by atoms with Crippen molar-refractivity contribution < 1.29 is 4.79 Å². The molecule has 15 heavy (non-hydrogen) atoms. The quantitative estimate of drug-likeness (QED) is 0.780. The van der Waals surface area contributed by atoms with Crippen LogP contribution in [0.3, 0.4) is 0 Å². The molecule has 0 aromatic carbocycles. The van der Waals surface area contributed by atoms with Crippen LogP contribution in [0.2, 0.25) is 0 Å². The molecule has 0 saturated heterocycles. The number of nitrogens with zero attached hydrogens (tertiary/aromatic N) is 3. The Kier molecular flexibility index (Phi) is 2.46. The molecular formula is C10H16N4O. The highest BCUT2D eigenvalue weighted by atomic mass is 16.1. The number of aromatic nitrogens is 3. The predicted molar refractivity (Wildman–Crippen MR) is 55.1 cm³/mol. The van der Waals surface area contributed by atoms with Gasteiger partial charge in [0.2, 0.25) is 5.91 Å². The zero-order valence-electron chi connectivity index (χ0n) is 9.10. The van der Waals surface area contributed by atoms with Gasteiger partial charge in [0.05, 0.1) is 23.9 Å². The summed E-state index contributed by atoms with van der Waals surface area (Å²) in [5.74, 6) is 0.332. The molecule has 0 bridgehead atoms. The van der Waals surface area contributed by atoms with Gasteiger partial charge in [-0.05, 0) is 18.8 Å². The van der Waals surface area contributed by atoms with Crippen molar-refractivity contribution in [2.45, 2.75) is 39.2 Å². The maximum absolute atomic E-state index is 10.8. The Labute approximate surface area is 88.6 Å². The van der Waals surface area contributed by atoms with Crippen LogP contribution in [0.15, 0.2) is 0 Å². The fourth-order valence-corrected chi connectivity index (χ4v) is 1.92. The number of carbonyl (C=O) groups is 1. The van der Waals surface area contributed by atoms with Crippen molar-refractivity contribution >= 4 is 5.91 Å². The largest absolute Gasteiger partial charge is 0.369 e. The maximum Gasteiger partial charge on any atom is 0.223 e. The summed E-state index contributed by atoms with van der Waals surface area (Å²) < 4.78 is 1.96. The van der Waals surface area contributed by atoms with Crippen LogP contribution in [0, 0.1) is 5.92 Å². The molecule has 1 amide bonds. The van der Waals surface area contributed by atoms with Gasteiger partial charge in [-0.25, -0.2) is 4.68 Å². The van der Waals surface area contributed by atoms with Crippen LogP contribution in [0.25, 0.3) is 0 Å². The summed E-state index contributed by atoms with van der Waals surface area (Å²) in [6.07, 6.45) is 2.20. The van der Waals surface area contributed by atoms with Crippen LogP contribution >= 0.6 is 0 Å². The van der Waals surface area contributed by atoms with Crippen LogP contribution in [0.1, 0.15) is 37.7 Å². The minimum absolute atomic E-state index is 0.199. The van der Waals surface area contributed by atoms with Crippen LogP contribution in [-0.2, 0) is 17.6 Å². The molecule has 1 saturated carbocycles. The Balaban J connectivity index is 2.25. The zero-order chi connectivity index (χ0) is 11.0. The SMILES string of the molecule is CCc1c(CC(N)=O)nnn1C1CC1C. The summed E-state index contributed by atoms with van der Waals surface area (Å²) in [5.41, 5.74) is 6.96. The second-order valence-corrected chi connectivity index (χ2v) is 4.20. The van der Waals surface area contributed by atoms with Crippen LogP contribution in [0.5, 0.6) is 0 Å². The molecular weight excluding hydrogens is 192 g/mol. The van der Waals surface area contributed by atoms with Crippen LogP contribution < -0.4 is 5.73 Å². The fraction of sp³-hybridized carbons (Fsp3) is 0.700. The summed E-state index contributed by atoms with van der Waals surface area (Å²) in [4.78, 5) is 10.8. The van der Waals surface area contributed by atoms with Gasteiger partial charge in [0.1, 0.15) is 0 Å². The Bertz CT molecular complexity index is 385. The van der Waals surface area contributed by atoms with E-state index in [1.54, 1.807) is 0 Å². The summed E-state index contributed by atoms with van der Waals surface area (Å²) in [5, 5.41) is 8.15. The second kappa shape index (κ2) is 3.64. The van der Waals surface area contributed by atoms with Gasteiger partial charge in [0, 0.05) is 0 Å². The Morgan fingerprint density at radius 3 is 2.80 bits per heavy atom. The maximum atomic E-state index is 10.8. The van der Waals surface area contributed by atoms with Gasteiger partial charge in [-0.2, -0.15) is 0 Å². The molecule has 1 aliphatic rings. The molecule has 82 valence electrons. The molecule has 1 aliphatic carbocycles. The van der Waals surface area contributed by atoms with Crippen molar-refractivity contribution in [2.24, 2.45) is 11.7 Å². The van der Waals surface area contributed by atoms with Crippen LogP contribution in [-0.4, -0.2) is 20.9 Å². The molecule has 5 heteroatoms. The highest BCUT2D eigenvalue weighted by Gasteiger charge is 2.37. The molecule has 0 radical (unpaired) electrons. The molecule has 0 aliphatic heterocycles. The van der Waals surface area contributed by atoms with E-state index in [-0.39, 0.29) is 12.3 Å². The lowest BCUT2D eigenvalue weighted by Gasteiger charge is -2.03. The van der Waals surface area contributed by atoms with Gasteiger partial charge < -0.3 is 5.73 Å². The lowest BCUT2D eigenvalue weighted by molar-refractivity contribution is -0.117. The number of rotatable bonds is 4.